The first-order valence-corrected chi connectivity index (χ1v) is 6.84. The van der Waals surface area contributed by atoms with Crippen LogP contribution in [0.4, 0.5) is 11.8 Å². The molecular weight excluding hydrogens is 260 g/mol. The van der Waals surface area contributed by atoms with Crippen molar-refractivity contribution in [1.29, 1.82) is 0 Å². The van der Waals surface area contributed by atoms with Gasteiger partial charge in [0.15, 0.2) is 0 Å². The zero-order chi connectivity index (χ0) is 14.7. The van der Waals surface area contributed by atoms with E-state index in [0.29, 0.717) is 31.2 Å². The Labute approximate surface area is 118 Å². The molecule has 0 radical (unpaired) electrons. The average molecular weight is 282 g/mol. The van der Waals surface area contributed by atoms with Gasteiger partial charge in [0.1, 0.15) is 5.82 Å². The first-order valence-electron chi connectivity index (χ1n) is 6.84. The lowest BCUT2D eigenvalue weighted by Gasteiger charge is -2.35. The first-order chi connectivity index (χ1) is 9.49. The summed E-state index contributed by atoms with van der Waals surface area (Å²) in [6.45, 7) is 4.95. The molecule has 7 nitrogen and oxygen atoms in total. The van der Waals surface area contributed by atoms with Crippen LogP contribution in [-0.4, -0.2) is 52.1 Å². The summed E-state index contributed by atoms with van der Waals surface area (Å²) >= 11 is 0. The zero-order valence-electron chi connectivity index (χ0n) is 11.9. The average Bonchev–Trinajstić information content (AvgIpc) is 2.37. The van der Waals surface area contributed by atoms with Crippen molar-refractivity contribution in [3.05, 3.63) is 6.07 Å². The third kappa shape index (κ3) is 3.49. The highest BCUT2D eigenvalue weighted by atomic mass is 16.5. The smallest absolute Gasteiger partial charge is 0.225 e. The van der Waals surface area contributed by atoms with E-state index >= 15 is 0 Å². The van der Waals surface area contributed by atoms with Gasteiger partial charge >= 0.3 is 0 Å². The molecule has 2 heterocycles. The summed E-state index contributed by atoms with van der Waals surface area (Å²) in [5, 5.41) is 19.1. The van der Waals surface area contributed by atoms with Crippen molar-refractivity contribution in [2.75, 3.05) is 30.3 Å². The molecule has 0 spiro atoms. The van der Waals surface area contributed by atoms with E-state index in [-0.39, 0.29) is 24.6 Å². The summed E-state index contributed by atoms with van der Waals surface area (Å²) in [7, 11) is 0. The number of nitrogens with two attached hydrogens (primary N) is 1. The molecule has 0 bridgehead atoms. The Kier molecular flexibility index (Phi) is 4.61. The van der Waals surface area contributed by atoms with E-state index in [9.17, 15) is 5.11 Å². The van der Waals surface area contributed by atoms with Crippen LogP contribution in [-0.2, 0) is 0 Å². The lowest BCUT2D eigenvalue weighted by Crippen LogP contribution is -2.45. The third-order valence-electron chi connectivity index (χ3n) is 3.34. The Hall–Kier alpha value is -1.60. The molecule has 112 valence electrons. The largest absolute Gasteiger partial charge is 0.475 e. The fourth-order valence-corrected chi connectivity index (χ4v) is 2.30. The Balaban J connectivity index is 2.14. The fourth-order valence-electron chi connectivity index (χ4n) is 2.30. The number of β-amino-alcohol motifs (C(OH)–C–C–N with tert-alkyl or cyclic N) is 1. The number of anilines is 2. The summed E-state index contributed by atoms with van der Waals surface area (Å²) in [6, 6.07) is 1.72. The number of aromatic nitrogens is 2. The molecule has 20 heavy (non-hydrogen) atoms. The minimum Gasteiger partial charge on any atom is -0.475 e. The highest BCUT2D eigenvalue weighted by molar-refractivity contribution is 5.46. The van der Waals surface area contributed by atoms with Crippen LogP contribution in [0, 0.1) is 5.92 Å². The van der Waals surface area contributed by atoms with Gasteiger partial charge in [-0.2, -0.15) is 9.97 Å². The maximum atomic E-state index is 9.98. The van der Waals surface area contributed by atoms with Gasteiger partial charge in [0.05, 0.1) is 12.2 Å². The predicted molar refractivity (Wildman–Crippen MR) is 75.6 cm³/mol. The SMILES string of the molecule is CC(C)Oc1cc(N2CC[C@H](CO)[C@@H](O)C2)nc(N)n1. The molecule has 4 N–H and O–H groups in total. The van der Waals surface area contributed by atoms with E-state index in [2.05, 4.69) is 9.97 Å². The summed E-state index contributed by atoms with van der Waals surface area (Å²) in [6.07, 6.45) is 0.143. The maximum absolute atomic E-state index is 9.98. The van der Waals surface area contributed by atoms with E-state index in [0.717, 1.165) is 0 Å². The van der Waals surface area contributed by atoms with Crippen molar-refractivity contribution in [3.8, 4) is 5.88 Å². The maximum Gasteiger partial charge on any atom is 0.225 e. The fraction of sp³-hybridized carbons (Fsp3) is 0.692. The number of rotatable bonds is 4. The summed E-state index contributed by atoms with van der Waals surface area (Å²) in [5.74, 6) is 1.15. The van der Waals surface area contributed by atoms with Crippen LogP contribution < -0.4 is 15.4 Å². The van der Waals surface area contributed by atoms with Gasteiger partial charge in [-0.05, 0) is 20.3 Å². The number of piperidine rings is 1. The van der Waals surface area contributed by atoms with Gasteiger partial charge in [-0.3, -0.25) is 0 Å². The van der Waals surface area contributed by atoms with E-state index in [1.165, 1.54) is 0 Å². The van der Waals surface area contributed by atoms with Crippen LogP contribution in [0.15, 0.2) is 6.07 Å². The van der Waals surface area contributed by atoms with E-state index in [1.807, 2.05) is 18.7 Å². The predicted octanol–water partition coefficient (Wildman–Crippen LogP) is 0.0255. The van der Waals surface area contributed by atoms with Gasteiger partial charge in [0.2, 0.25) is 11.8 Å². The molecule has 2 atom stereocenters. The minimum absolute atomic E-state index is 0.00261. The van der Waals surface area contributed by atoms with Crippen LogP contribution in [0.5, 0.6) is 5.88 Å². The van der Waals surface area contributed by atoms with E-state index < -0.39 is 6.10 Å². The second-order valence-electron chi connectivity index (χ2n) is 5.33. The number of hydrogen-bond acceptors (Lipinski definition) is 7. The Morgan fingerprint density at radius 2 is 2.25 bits per heavy atom. The molecule has 1 fully saturated rings. The van der Waals surface area contributed by atoms with Crippen molar-refractivity contribution in [2.45, 2.75) is 32.5 Å². The Morgan fingerprint density at radius 1 is 1.50 bits per heavy atom. The van der Waals surface area contributed by atoms with Crippen molar-refractivity contribution < 1.29 is 14.9 Å². The molecule has 0 amide bonds. The molecule has 0 unspecified atom stereocenters. The molecule has 1 aliphatic rings. The summed E-state index contributed by atoms with van der Waals surface area (Å²) in [5.41, 5.74) is 5.70. The van der Waals surface area contributed by atoms with Crippen molar-refractivity contribution in [3.63, 3.8) is 0 Å². The quantitative estimate of drug-likeness (QED) is 0.715. The normalized spacial score (nSPS) is 23.1. The molecule has 0 aliphatic carbocycles. The molecule has 1 aliphatic heterocycles. The van der Waals surface area contributed by atoms with Crippen LogP contribution in [0.3, 0.4) is 0 Å². The minimum atomic E-state index is -0.570. The van der Waals surface area contributed by atoms with Crippen molar-refractivity contribution in [2.24, 2.45) is 5.92 Å². The molecule has 0 saturated carbocycles. The van der Waals surface area contributed by atoms with Crippen molar-refractivity contribution >= 4 is 11.8 Å². The number of hydrogen-bond donors (Lipinski definition) is 3. The number of aliphatic hydroxyl groups is 2. The Morgan fingerprint density at radius 3 is 2.85 bits per heavy atom. The molecule has 1 aromatic heterocycles. The third-order valence-corrected chi connectivity index (χ3v) is 3.34. The molecule has 1 saturated heterocycles. The van der Waals surface area contributed by atoms with Gasteiger partial charge in [-0.1, -0.05) is 0 Å². The van der Waals surface area contributed by atoms with Gasteiger partial charge in [0.25, 0.3) is 0 Å². The zero-order valence-corrected chi connectivity index (χ0v) is 11.9. The van der Waals surface area contributed by atoms with Gasteiger partial charge in [-0.15, -0.1) is 0 Å². The topological polar surface area (TPSA) is 105 Å². The molecule has 0 aromatic carbocycles. The van der Waals surface area contributed by atoms with E-state index in [4.69, 9.17) is 15.6 Å². The molecular formula is C13H22N4O3. The molecule has 2 rings (SSSR count). The van der Waals surface area contributed by atoms with Crippen LogP contribution in [0.25, 0.3) is 0 Å². The summed E-state index contributed by atoms with van der Waals surface area (Å²) in [4.78, 5) is 10.2. The van der Waals surface area contributed by atoms with E-state index in [1.54, 1.807) is 6.07 Å². The highest BCUT2D eigenvalue weighted by Gasteiger charge is 2.28. The number of aliphatic hydroxyl groups excluding tert-OH is 2. The van der Waals surface area contributed by atoms with Crippen LogP contribution in [0.2, 0.25) is 0 Å². The number of nitrogens with zero attached hydrogens (tertiary/aromatic N) is 3. The van der Waals surface area contributed by atoms with Crippen molar-refractivity contribution in [1.82, 2.24) is 9.97 Å². The van der Waals surface area contributed by atoms with Crippen LogP contribution >= 0.6 is 0 Å². The summed E-state index contributed by atoms with van der Waals surface area (Å²) < 4.78 is 5.54. The van der Waals surface area contributed by atoms with Gasteiger partial charge in [0, 0.05) is 31.7 Å². The number of ether oxygens (including phenoxy) is 1. The Bertz CT molecular complexity index is 455. The van der Waals surface area contributed by atoms with Gasteiger partial charge < -0.3 is 25.6 Å². The first kappa shape index (κ1) is 14.8. The van der Waals surface area contributed by atoms with Crippen LogP contribution in [0.1, 0.15) is 20.3 Å². The number of nitrogen functional groups attached to an aromatic ring is 1. The molecule has 1 aromatic rings. The lowest BCUT2D eigenvalue weighted by atomic mass is 9.95. The van der Waals surface area contributed by atoms with Gasteiger partial charge in [-0.25, -0.2) is 0 Å². The second kappa shape index (κ2) is 6.23. The lowest BCUT2D eigenvalue weighted by molar-refractivity contribution is 0.0545. The second-order valence-corrected chi connectivity index (χ2v) is 5.33. The highest BCUT2D eigenvalue weighted by Crippen LogP contribution is 2.25. The molecule has 7 heteroatoms. The standard InChI is InChI=1S/C13H22N4O3/c1-8(2)20-12-5-11(15-13(14)16-12)17-4-3-9(7-18)10(19)6-17/h5,8-10,18-19H,3-4,6-7H2,1-2H3,(H2,14,15,16)/t9-,10+/m1/s1. The monoisotopic (exact) mass is 282 g/mol.